The van der Waals surface area contributed by atoms with Crippen molar-refractivity contribution in [2.24, 2.45) is 0 Å². The van der Waals surface area contributed by atoms with Gasteiger partial charge in [0.05, 0.1) is 18.3 Å². The van der Waals surface area contributed by atoms with Gasteiger partial charge in [0.1, 0.15) is 5.03 Å². The van der Waals surface area contributed by atoms with Crippen molar-refractivity contribution in [2.45, 2.75) is 13.8 Å². The highest BCUT2D eigenvalue weighted by molar-refractivity contribution is 7.05. The first-order valence-electron chi connectivity index (χ1n) is 2.60. The summed E-state index contributed by atoms with van der Waals surface area (Å²) in [5, 5.41) is 0.468. The van der Waals surface area contributed by atoms with Crippen molar-refractivity contribution in [1.29, 1.82) is 0 Å². The van der Waals surface area contributed by atoms with Crippen LogP contribution < -0.4 is 0 Å². The lowest BCUT2D eigenvalue weighted by molar-refractivity contribution is 0.274. The van der Waals surface area contributed by atoms with Crippen molar-refractivity contribution in [3.63, 3.8) is 0 Å². The van der Waals surface area contributed by atoms with Crippen LogP contribution in [-0.4, -0.2) is 34.6 Å². The quantitative estimate of drug-likeness (QED) is 0.481. The van der Waals surface area contributed by atoms with Gasteiger partial charge in [0.2, 0.25) is 0 Å². The van der Waals surface area contributed by atoms with Crippen LogP contribution >= 0.6 is 0 Å². The Bertz CT molecular complexity index is 112. The molecule has 0 N–H and O–H groups in total. The van der Waals surface area contributed by atoms with E-state index in [1.54, 1.807) is 0 Å². The molecular weight excluding hydrogens is 132 g/mol. The topological polar surface area (TPSA) is 17.1 Å². The Morgan fingerprint density at radius 1 is 1.25 bits per heavy atom. The van der Waals surface area contributed by atoms with Crippen LogP contribution in [0.25, 0.3) is 0 Å². The van der Waals surface area contributed by atoms with Gasteiger partial charge in [-0.15, -0.1) is 11.3 Å². The van der Waals surface area contributed by atoms with E-state index in [1.165, 1.54) is 0 Å². The van der Waals surface area contributed by atoms with Gasteiger partial charge < -0.3 is 4.79 Å². The van der Waals surface area contributed by atoms with E-state index >= 15 is 0 Å². The van der Waals surface area contributed by atoms with Crippen LogP contribution in [0.5, 0.6) is 0 Å². The minimum atomic E-state index is 0.00718. The maximum atomic E-state index is 10.7. The van der Waals surface area contributed by atoms with Gasteiger partial charge in [-0.1, -0.05) is 13.8 Å². The molecule has 0 fully saturated rings. The summed E-state index contributed by atoms with van der Waals surface area (Å²) in [5.74, 6) is 0. The van der Waals surface area contributed by atoms with Crippen LogP contribution in [0.2, 0.25) is 0 Å². The molecule has 0 saturated heterocycles. The van der Waals surface area contributed by atoms with Gasteiger partial charge in [0, 0.05) is 0 Å². The Morgan fingerprint density at radius 3 is 1.88 bits per heavy atom. The molecule has 8 heavy (non-hydrogen) atoms. The Kier molecular flexibility index (Phi) is 4.89. The highest BCUT2D eigenvalue weighted by Gasteiger charge is 1.81. The van der Waals surface area contributed by atoms with E-state index in [0.717, 1.165) is 0 Å². The van der Waals surface area contributed by atoms with Crippen LogP contribution in [0.1, 0.15) is 13.8 Å². The number of hydrogen-bond donors (Lipinski definition) is 0. The van der Waals surface area contributed by atoms with E-state index in [-0.39, 0.29) is 18.3 Å². The van der Waals surface area contributed by atoms with Crippen molar-refractivity contribution in [3.8, 4) is 0 Å². The summed E-state index contributed by atoms with van der Waals surface area (Å²) in [6.07, 6.45) is 0. The summed E-state index contributed by atoms with van der Waals surface area (Å²) in [5.41, 5.74) is 3.97. The van der Waals surface area contributed by atoms with Gasteiger partial charge >= 0.3 is 0 Å². The Balaban J connectivity index is 3.66. The number of carbonyl (C=O) groups excluding carboxylic acids is 1. The predicted octanol–water partition coefficient (Wildman–Crippen LogP) is -0.376. The zero-order valence-corrected chi connectivity index (χ0v) is 7.53. The van der Waals surface area contributed by atoms with Gasteiger partial charge in [-0.2, -0.15) is 0 Å². The molecule has 3 heteroatoms. The highest BCUT2D eigenvalue weighted by atomic mass is 28.2. The van der Waals surface area contributed by atoms with Gasteiger partial charge in [-0.3, -0.25) is 0 Å². The molecule has 0 aliphatic heterocycles. The largest absolute Gasteiger partial charge is 0.303 e. The van der Waals surface area contributed by atoms with Crippen molar-refractivity contribution >= 4 is 34.6 Å². The van der Waals surface area contributed by atoms with E-state index in [0.29, 0.717) is 5.03 Å². The molecule has 0 spiro atoms. The molecule has 0 saturated carbocycles. The molecule has 0 aromatic rings. The van der Waals surface area contributed by atoms with Crippen LogP contribution in [0.3, 0.4) is 0 Å². The van der Waals surface area contributed by atoms with Crippen LogP contribution in [0.4, 0.5) is 4.79 Å². The summed E-state index contributed by atoms with van der Waals surface area (Å²) in [7, 11) is 0.0144. The SMILES string of the molecule is CC=[SiH]C(=O)[SiH]=CC. The molecule has 0 bridgehead atoms. The summed E-state index contributed by atoms with van der Waals surface area (Å²) >= 11 is 0. The van der Waals surface area contributed by atoms with Gasteiger partial charge in [-0.25, -0.2) is 0 Å². The molecular formula is C5H10OSi2. The molecule has 0 amide bonds. The molecule has 1 nitrogen and oxygen atoms in total. The molecule has 0 aliphatic rings. The monoisotopic (exact) mass is 142 g/mol. The van der Waals surface area contributed by atoms with Crippen LogP contribution in [-0.2, 0) is 0 Å². The zero-order valence-electron chi connectivity index (χ0n) is 5.22. The Hall–Kier alpha value is -0.156. The molecule has 0 heterocycles. The Morgan fingerprint density at radius 2 is 1.62 bits per heavy atom. The van der Waals surface area contributed by atoms with Crippen molar-refractivity contribution < 1.29 is 4.79 Å². The normalized spacial score (nSPS) is 11.2. The third kappa shape index (κ3) is 4.01. The van der Waals surface area contributed by atoms with Crippen LogP contribution in [0, 0.1) is 0 Å². The van der Waals surface area contributed by atoms with E-state index in [1.807, 2.05) is 25.2 Å². The second-order valence-corrected chi connectivity index (χ2v) is 5.21. The van der Waals surface area contributed by atoms with Gasteiger partial charge in [0.15, 0.2) is 0 Å². The van der Waals surface area contributed by atoms with Crippen molar-refractivity contribution in [3.05, 3.63) is 0 Å². The Labute approximate surface area is 54.0 Å². The van der Waals surface area contributed by atoms with Gasteiger partial charge in [-0.05, 0) is 0 Å². The summed E-state index contributed by atoms with van der Waals surface area (Å²) < 4.78 is 0. The van der Waals surface area contributed by atoms with E-state index < -0.39 is 0 Å². The van der Waals surface area contributed by atoms with Crippen LogP contribution in [0.15, 0.2) is 0 Å². The molecule has 0 aromatic carbocycles. The second kappa shape index (κ2) is 4.99. The fraction of sp³-hybridized carbons (Fsp3) is 0.400. The fourth-order valence-electron chi connectivity index (χ4n) is 0.384. The third-order valence-electron chi connectivity index (χ3n) is 0.662. The average Bonchev–Trinajstić information content (AvgIpc) is 1.68. The summed E-state index contributed by atoms with van der Waals surface area (Å²) in [6.45, 7) is 3.89. The first kappa shape index (κ1) is 7.84. The maximum absolute atomic E-state index is 10.7. The lowest BCUT2D eigenvalue weighted by Gasteiger charge is -1.74. The predicted molar refractivity (Wildman–Crippen MR) is 43.2 cm³/mol. The molecule has 0 aromatic heterocycles. The van der Waals surface area contributed by atoms with E-state index in [4.69, 9.17) is 0 Å². The summed E-state index contributed by atoms with van der Waals surface area (Å²) in [4.78, 5) is 10.7. The average molecular weight is 142 g/mol. The minimum absolute atomic E-state index is 0.00718. The molecule has 0 atom stereocenters. The molecule has 0 radical (unpaired) electrons. The molecule has 0 rings (SSSR count). The maximum Gasteiger partial charge on any atom is 0.120 e. The molecule has 44 valence electrons. The molecule has 0 aliphatic carbocycles. The lowest BCUT2D eigenvalue weighted by atomic mass is 11.0. The number of rotatable bonds is 2. The van der Waals surface area contributed by atoms with E-state index in [9.17, 15) is 4.79 Å². The van der Waals surface area contributed by atoms with E-state index in [2.05, 4.69) is 0 Å². The van der Waals surface area contributed by atoms with Crippen molar-refractivity contribution in [1.82, 2.24) is 0 Å². The lowest BCUT2D eigenvalue weighted by Crippen LogP contribution is -2.04. The second-order valence-electron chi connectivity index (χ2n) is 1.40. The number of hydrogen-bond acceptors (Lipinski definition) is 1. The fourth-order valence-corrected chi connectivity index (χ4v) is 2.64. The minimum Gasteiger partial charge on any atom is -0.303 e. The first-order chi connectivity index (χ1) is 3.81. The summed E-state index contributed by atoms with van der Waals surface area (Å²) in [6, 6.07) is 0. The first-order valence-corrected chi connectivity index (χ1v) is 5.09. The third-order valence-corrected chi connectivity index (χ3v) is 3.14. The standard InChI is InChI=1S/C5H10OSi2/c1-3-7-5(6)8-4-2/h3-4,7-8H,1-2H3. The zero-order chi connectivity index (χ0) is 6.41. The number of carbonyl (C=O) groups is 1. The smallest absolute Gasteiger partial charge is 0.120 e. The van der Waals surface area contributed by atoms with Crippen molar-refractivity contribution in [2.75, 3.05) is 0 Å². The van der Waals surface area contributed by atoms with Gasteiger partial charge in [0.25, 0.3) is 0 Å². The highest BCUT2D eigenvalue weighted by Crippen LogP contribution is 1.55. The molecule has 0 unspecified atom stereocenters.